The van der Waals surface area contributed by atoms with Crippen LogP contribution in [0.3, 0.4) is 0 Å². The normalized spacial score (nSPS) is 11.1. The molecule has 0 saturated heterocycles. The Kier molecular flexibility index (Phi) is 2.92. The van der Waals surface area contributed by atoms with E-state index < -0.39 is 10.0 Å². The molecule has 0 aliphatic heterocycles. The van der Waals surface area contributed by atoms with Crippen LogP contribution in [0.15, 0.2) is 47.6 Å². The molecule has 7 heteroatoms. The molecule has 2 rings (SSSR count). The van der Waals surface area contributed by atoms with Gasteiger partial charge in [-0.25, -0.2) is 18.4 Å². The fourth-order valence-corrected chi connectivity index (χ4v) is 2.34. The molecule has 0 unspecified atom stereocenters. The predicted molar refractivity (Wildman–Crippen MR) is 63.7 cm³/mol. The second-order valence-electron chi connectivity index (χ2n) is 3.21. The summed E-state index contributed by atoms with van der Waals surface area (Å²) < 4.78 is 26.2. The Bertz CT molecular complexity index is 613. The molecule has 0 aromatic carbocycles. The zero-order valence-corrected chi connectivity index (χ0v) is 9.55. The zero-order chi connectivity index (χ0) is 12.3. The van der Waals surface area contributed by atoms with Gasteiger partial charge in [0.15, 0.2) is 0 Å². The molecule has 0 saturated carbocycles. The number of sulfonamides is 1. The largest absolute Gasteiger partial charge is 0.383 e. The Morgan fingerprint density at radius 3 is 2.47 bits per heavy atom. The highest BCUT2D eigenvalue weighted by Gasteiger charge is 2.18. The Morgan fingerprint density at radius 2 is 1.82 bits per heavy atom. The predicted octanol–water partition coefficient (Wildman–Crippen LogP) is 0.860. The van der Waals surface area contributed by atoms with Crippen LogP contribution in [0, 0.1) is 0 Å². The van der Waals surface area contributed by atoms with Gasteiger partial charge in [-0.2, -0.15) is 0 Å². The van der Waals surface area contributed by atoms with Crippen molar-refractivity contribution in [2.45, 2.75) is 4.90 Å². The van der Waals surface area contributed by atoms with Gasteiger partial charge in [-0.15, -0.1) is 0 Å². The Hall–Kier alpha value is -2.15. The number of aromatic nitrogens is 2. The fraction of sp³-hybridized carbons (Fsp3) is 0. The van der Waals surface area contributed by atoms with Crippen molar-refractivity contribution in [2.75, 3.05) is 10.5 Å². The standard InChI is InChI=1S/C10H10N4O2S/c11-10-8(4-3-7-13-10)17(15,16)14-9-5-1-2-6-12-9/h1-7H,(H2,11,13)(H,12,14). The van der Waals surface area contributed by atoms with Crippen LogP contribution in [0.5, 0.6) is 0 Å². The third-order valence-corrected chi connectivity index (χ3v) is 3.40. The van der Waals surface area contributed by atoms with Gasteiger partial charge in [0.1, 0.15) is 16.5 Å². The molecule has 2 aromatic rings. The van der Waals surface area contributed by atoms with Gasteiger partial charge in [0, 0.05) is 12.4 Å². The molecule has 17 heavy (non-hydrogen) atoms. The van der Waals surface area contributed by atoms with E-state index in [-0.39, 0.29) is 16.5 Å². The van der Waals surface area contributed by atoms with Gasteiger partial charge in [0.25, 0.3) is 10.0 Å². The summed E-state index contributed by atoms with van der Waals surface area (Å²) in [6.07, 6.45) is 2.92. The highest BCUT2D eigenvalue weighted by atomic mass is 32.2. The molecule has 3 N–H and O–H groups in total. The number of hydrogen-bond donors (Lipinski definition) is 2. The monoisotopic (exact) mass is 250 g/mol. The van der Waals surface area contributed by atoms with Gasteiger partial charge in [-0.05, 0) is 24.3 Å². The Labute approximate surface area is 98.6 Å². The van der Waals surface area contributed by atoms with Crippen molar-refractivity contribution < 1.29 is 8.42 Å². The molecule has 0 aliphatic carbocycles. The topological polar surface area (TPSA) is 98.0 Å². The second-order valence-corrected chi connectivity index (χ2v) is 4.86. The minimum absolute atomic E-state index is 0.0454. The molecule has 2 aromatic heterocycles. The molecule has 2 heterocycles. The van der Waals surface area contributed by atoms with E-state index in [2.05, 4.69) is 14.7 Å². The highest BCUT2D eigenvalue weighted by molar-refractivity contribution is 7.92. The smallest absolute Gasteiger partial charge is 0.266 e. The van der Waals surface area contributed by atoms with Crippen LogP contribution in [0.2, 0.25) is 0 Å². The summed E-state index contributed by atoms with van der Waals surface area (Å²) in [4.78, 5) is 7.53. The number of nitrogens with zero attached hydrogens (tertiary/aromatic N) is 2. The molecule has 88 valence electrons. The van der Waals surface area contributed by atoms with E-state index in [1.807, 2.05) is 0 Å². The van der Waals surface area contributed by atoms with E-state index >= 15 is 0 Å². The number of anilines is 2. The first-order chi connectivity index (χ1) is 8.09. The lowest BCUT2D eigenvalue weighted by atomic mass is 10.5. The van der Waals surface area contributed by atoms with Crippen molar-refractivity contribution in [1.82, 2.24) is 9.97 Å². The first-order valence-corrected chi connectivity index (χ1v) is 6.22. The lowest BCUT2D eigenvalue weighted by Gasteiger charge is -2.07. The average molecular weight is 250 g/mol. The van der Waals surface area contributed by atoms with E-state index in [0.717, 1.165) is 0 Å². The molecule has 0 aliphatic rings. The van der Waals surface area contributed by atoms with Crippen LogP contribution in [0.25, 0.3) is 0 Å². The summed E-state index contributed by atoms with van der Waals surface area (Å²) in [7, 11) is -3.74. The first-order valence-electron chi connectivity index (χ1n) is 4.74. The van der Waals surface area contributed by atoms with Gasteiger partial charge in [0.2, 0.25) is 0 Å². The number of nitrogens with one attached hydrogen (secondary N) is 1. The van der Waals surface area contributed by atoms with Crippen molar-refractivity contribution in [3.8, 4) is 0 Å². The molecule has 0 fully saturated rings. The molecule has 0 amide bonds. The third kappa shape index (κ3) is 2.51. The van der Waals surface area contributed by atoms with Crippen LogP contribution in [-0.2, 0) is 10.0 Å². The van der Waals surface area contributed by atoms with E-state index in [9.17, 15) is 8.42 Å². The fourth-order valence-electron chi connectivity index (χ4n) is 1.25. The molecule has 6 nitrogen and oxygen atoms in total. The average Bonchev–Trinajstić information content (AvgIpc) is 2.30. The van der Waals surface area contributed by atoms with Crippen molar-refractivity contribution >= 4 is 21.7 Å². The third-order valence-electron chi connectivity index (χ3n) is 1.99. The number of pyridine rings is 2. The SMILES string of the molecule is Nc1ncccc1S(=O)(=O)Nc1ccccn1. The Morgan fingerprint density at radius 1 is 1.06 bits per heavy atom. The first kappa shape index (κ1) is 11.3. The molecule has 0 radical (unpaired) electrons. The lowest BCUT2D eigenvalue weighted by Crippen LogP contribution is -2.16. The summed E-state index contributed by atoms with van der Waals surface area (Å²) in [5.74, 6) is 0.187. The number of hydrogen-bond acceptors (Lipinski definition) is 5. The van der Waals surface area contributed by atoms with Gasteiger partial charge in [-0.1, -0.05) is 6.07 Å². The lowest BCUT2D eigenvalue weighted by molar-refractivity contribution is 0.601. The summed E-state index contributed by atoms with van der Waals surface area (Å²) >= 11 is 0. The number of nitrogen functional groups attached to an aromatic ring is 1. The maximum Gasteiger partial charge on any atom is 0.266 e. The van der Waals surface area contributed by atoms with Gasteiger partial charge in [0.05, 0.1) is 0 Å². The molecule has 0 atom stereocenters. The molecule has 0 bridgehead atoms. The van der Waals surface area contributed by atoms with Crippen molar-refractivity contribution in [2.24, 2.45) is 0 Å². The van der Waals surface area contributed by atoms with Crippen molar-refractivity contribution in [1.29, 1.82) is 0 Å². The highest BCUT2D eigenvalue weighted by Crippen LogP contribution is 2.17. The molecular weight excluding hydrogens is 240 g/mol. The van der Waals surface area contributed by atoms with Crippen molar-refractivity contribution in [3.63, 3.8) is 0 Å². The molecular formula is C10H10N4O2S. The summed E-state index contributed by atoms with van der Waals surface area (Å²) in [6, 6.07) is 7.80. The number of nitrogens with two attached hydrogens (primary N) is 1. The van der Waals surface area contributed by atoms with E-state index in [1.165, 1.54) is 24.5 Å². The maximum atomic E-state index is 12.0. The van der Waals surface area contributed by atoms with E-state index in [1.54, 1.807) is 18.2 Å². The van der Waals surface area contributed by atoms with Gasteiger partial charge < -0.3 is 5.73 Å². The van der Waals surface area contributed by atoms with Gasteiger partial charge >= 0.3 is 0 Å². The zero-order valence-electron chi connectivity index (χ0n) is 8.74. The van der Waals surface area contributed by atoms with E-state index in [0.29, 0.717) is 0 Å². The number of rotatable bonds is 3. The quantitative estimate of drug-likeness (QED) is 0.841. The van der Waals surface area contributed by atoms with Crippen LogP contribution in [0.1, 0.15) is 0 Å². The maximum absolute atomic E-state index is 12.0. The van der Waals surface area contributed by atoms with Crippen LogP contribution >= 0.6 is 0 Å². The second kappa shape index (κ2) is 4.38. The van der Waals surface area contributed by atoms with Gasteiger partial charge in [-0.3, -0.25) is 4.72 Å². The van der Waals surface area contributed by atoms with Crippen LogP contribution < -0.4 is 10.5 Å². The van der Waals surface area contributed by atoms with Crippen LogP contribution in [-0.4, -0.2) is 18.4 Å². The summed E-state index contributed by atoms with van der Waals surface area (Å²) in [5, 5.41) is 0. The minimum Gasteiger partial charge on any atom is -0.383 e. The van der Waals surface area contributed by atoms with E-state index in [4.69, 9.17) is 5.73 Å². The van der Waals surface area contributed by atoms with Crippen molar-refractivity contribution in [3.05, 3.63) is 42.7 Å². The molecule has 0 spiro atoms. The Balaban J connectivity index is 2.36. The summed E-state index contributed by atoms with van der Waals surface area (Å²) in [5.41, 5.74) is 5.51. The van der Waals surface area contributed by atoms with Crippen LogP contribution in [0.4, 0.5) is 11.6 Å². The minimum atomic E-state index is -3.74. The summed E-state index contributed by atoms with van der Waals surface area (Å²) in [6.45, 7) is 0.